The molecule has 0 spiro atoms. The summed E-state index contributed by atoms with van der Waals surface area (Å²) >= 11 is 0. The molecule has 1 atom stereocenters. The van der Waals surface area contributed by atoms with Crippen LogP contribution in [0.2, 0.25) is 0 Å². The van der Waals surface area contributed by atoms with Crippen LogP contribution in [0.3, 0.4) is 0 Å². The average Bonchev–Trinajstić information content (AvgIpc) is 3.23. The number of likely N-dealkylation sites (N-methyl/N-ethyl adjacent to an activating group) is 1. The van der Waals surface area contributed by atoms with Gasteiger partial charge < -0.3 is 5.73 Å². The van der Waals surface area contributed by atoms with Gasteiger partial charge >= 0.3 is 5.69 Å². The molecule has 1 aromatic rings. The third-order valence-electron chi connectivity index (χ3n) is 3.66. The Morgan fingerprint density at radius 1 is 1.50 bits per heavy atom. The van der Waals surface area contributed by atoms with Crippen LogP contribution < -0.4 is 5.73 Å². The lowest BCUT2D eigenvalue weighted by Crippen LogP contribution is -2.43. The maximum atomic E-state index is 13.6. The molecule has 124 valence electrons. The molecule has 0 amide bonds. The van der Waals surface area contributed by atoms with Crippen molar-refractivity contribution < 1.29 is 17.7 Å². The van der Waals surface area contributed by atoms with Gasteiger partial charge in [0, 0.05) is 19.6 Å². The van der Waals surface area contributed by atoms with Crippen LogP contribution in [-0.4, -0.2) is 37.3 Å². The first-order valence-corrected chi connectivity index (χ1v) is 7.85. The smallest absolute Gasteiger partial charge is 0.324 e. The number of nitrogens with two attached hydrogens (primary N) is 1. The number of halogens is 2. The Hall–Kier alpha value is -1.29. The molecular formula is C12H17ClFN3O4S. The maximum Gasteiger partial charge on any atom is 0.324 e. The molecule has 10 heteroatoms. The SMILES string of the molecule is CN(C(CN)C1CC1)S(=O)(=O)c1cccc(F)c1[N+](=O)[O-].Cl. The van der Waals surface area contributed by atoms with Crippen LogP contribution in [0.5, 0.6) is 0 Å². The quantitative estimate of drug-likeness (QED) is 0.616. The van der Waals surface area contributed by atoms with Crippen LogP contribution in [0.1, 0.15) is 12.8 Å². The number of nitrogens with zero attached hydrogens (tertiary/aromatic N) is 2. The molecule has 7 nitrogen and oxygen atoms in total. The van der Waals surface area contributed by atoms with Gasteiger partial charge in [0.15, 0.2) is 4.90 Å². The lowest BCUT2D eigenvalue weighted by Gasteiger charge is -2.26. The second-order valence-electron chi connectivity index (χ2n) is 5.01. The molecular weight excluding hydrogens is 337 g/mol. The Labute approximate surface area is 133 Å². The van der Waals surface area contributed by atoms with Gasteiger partial charge in [-0.05, 0) is 30.9 Å². The van der Waals surface area contributed by atoms with Crippen molar-refractivity contribution in [1.29, 1.82) is 0 Å². The van der Waals surface area contributed by atoms with Crippen molar-refractivity contribution in [2.45, 2.75) is 23.8 Å². The minimum absolute atomic E-state index is 0. The minimum atomic E-state index is -4.18. The highest BCUT2D eigenvalue weighted by atomic mass is 35.5. The number of para-hydroxylation sites is 1. The third kappa shape index (κ3) is 3.37. The van der Waals surface area contributed by atoms with Gasteiger partial charge in [-0.25, -0.2) is 8.42 Å². The summed E-state index contributed by atoms with van der Waals surface area (Å²) in [7, 11) is -2.86. The summed E-state index contributed by atoms with van der Waals surface area (Å²) in [6.07, 6.45) is 1.74. The van der Waals surface area contributed by atoms with Gasteiger partial charge in [0.1, 0.15) is 0 Å². The lowest BCUT2D eigenvalue weighted by molar-refractivity contribution is -0.390. The molecule has 2 N–H and O–H groups in total. The highest BCUT2D eigenvalue weighted by molar-refractivity contribution is 7.89. The molecule has 2 rings (SSSR count). The summed E-state index contributed by atoms with van der Waals surface area (Å²) < 4.78 is 39.7. The average molecular weight is 354 g/mol. The van der Waals surface area contributed by atoms with E-state index in [1.807, 2.05) is 0 Å². The van der Waals surface area contributed by atoms with Crippen LogP contribution >= 0.6 is 12.4 Å². The first kappa shape index (κ1) is 18.8. The second kappa shape index (κ2) is 6.86. The van der Waals surface area contributed by atoms with Gasteiger partial charge in [0.2, 0.25) is 15.8 Å². The Bertz CT molecular complexity index is 666. The predicted molar refractivity (Wildman–Crippen MR) is 80.8 cm³/mol. The molecule has 1 aliphatic rings. The number of hydrogen-bond acceptors (Lipinski definition) is 5. The Morgan fingerprint density at radius 3 is 2.55 bits per heavy atom. The molecule has 1 unspecified atom stereocenters. The van der Waals surface area contributed by atoms with Gasteiger partial charge in [0.25, 0.3) is 0 Å². The summed E-state index contributed by atoms with van der Waals surface area (Å²) in [4.78, 5) is 9.29. The van der Waals surface area contributed by atoms with E-state index < -0.39 is 37.4 Å². The summed E-state index contributed by atoms with van der Waals surface area (Å²) in [5, 5.41) is 11.0. The highest BCUT2D eigenvalue weighted by Crippen LogP contribution is 2.37. The number of hydrogen-bond donors (Lipinski definition) is 1. The van der Waals surface area contributed by atoms with Crippen molar-refractivity contribution in [1.82, 2.24) is 4.31 Å². The van der Waals surface area contributed by atoms with Crippen molar-refractivity contribution in [3.8, 4) is 0 Å². The van der Waals surface area contributed by atoms with Crippen LogP contribution in [0.15, 0.2) is 23.1 Å². The predicted octanol–water partition coefficient (Wildman–Crippen LogP) is 1.51. The molecule has 1 aromatic carbocycles. The number of nitro groups is 1. The normalized spacial score (nSPS) is 16.2. The van der Waals surface area contributed by atoms with Crippen molar-refractivity contribution in [3.63, 3.8) is 0 Å². The first-order valence-electron chi connectivity index (χ1n) is 6.41. The molecule has 0 bridgehead atoms. The topological polar surface area (TPSA) is 107 Å². The molecule has 0 aromatic heterocycles. The monoisotopic (exact) mass is 353 g/mol. The van der Waals surface area contributed by atoms with Crippen LogP contribution in [-0.2, 0) is 10.0 Å². The van der Waals surface area contributed by atoms with Crippen LogP contribution in [0.4, 0.5) is 10.1 Å². The number of rotatable bonds is 6. The molecule has 1 fully saturated rings. The number of sulfonamides is 1. The first-order chi connectivity index (χ1) is 9.80. The van der Waals surface area contributed by atoms with E-state index in [2.05, 4.69) is 0 Å². The van der Waals surface area contributed by atoms with Crippen LogP contribution in [0, 0.1) is 21.8 Å². The Kier molecular flexibility index (Phi) is 5.85. The van der Waals surface area contributed by atoms with Gasteiger partial charge in [0.05, 0.1) is 4.92 Å². The largest absolute Gasteiger partial charge is 0.329 e. The zero-order chi connectivity index (χ0) is 15.8. The van der Waals surface area contributed by atoms with E-state index in [-0.39, 0.29) is 24.9 Å². The van der Waals surface area contributed by atoms with E-state index in [4.69, 9.17) is 5.73 Å². The van der Waals surface area contributed by atoms with E-state index in [0.29, 0.717) is 0 Å². The molecule has 0 radical (unpaired) electrons. The Balaban J connectivity index is 0.00000242. The van der Waals surface area contributed by atoms with Gasteiger partial charge in [-0.1, -0.05) is 6.07 Å². The van der Waals surface area contributed by atoms with Gasteiger partial charge in [-0.3, -0.25) is 10.1 Å². The third-order valence-corrected chi connectivity index (χ3v) is 5.58. The van der Waals surface area contributed by atoms with E-state index in [1.165, 1.54) is 7.05 Å². The fraction of sp³-hybridized carbons (Fsp3) is 0.500. The summed E-state index contributed by atoms with van der Waals surface area (Å²) in [6, 6.07) is 2.60. The van der Waals surface area contributed by atoms with Crippen molar-refractivity contribution in [2.24, 2.45) is 11.7 Å². The van der Waals surface area contributed by atoms with E-state index in [9.17, 15) is 22.9 Å². The lowest BCUT2D eigenvalue weighted by atomic mass is 10.2. The Morgan fingerprint density at radius 2 is 2.09 bits per heavy atom. The highest BCUT2D eigenvalue weighted by Gasteiger charge is 2.40. The summed E-state index contributed by atoms with van der Waals surface area (Å²) in [5.74, 6) is -1.02. The number of nitro benzene ring substituents is 1. The standard InChI is InChI=1S/C12H16FN3O4S.ClH/c1-15(10(7-14)8-5-6-8)21(19,20)11-4-2-3-9(13)12(11)16(17)18;/h2-4,8,10H,5-7,14H2,1H3;1H. The number of benzene rings is 1. The summed E-state index contributed by atoms with van der Waals surface area (Å²) in [5.41, 5.74) is 4.57. The van der Waals surface area contributed by atoms with Crippen LogP contribution in [0.25, 0.3) is 0 Å². The maximum absolute atomic E-state index is 13.6. The second-order valence-corrected chi connectivity index (χ2v) is 6.97. The zero-order valence-corrected chi connectivity index (χ0v) is 13.4. The van der Waals surface area contributed by atoms with Gasteiger partial charge in [-0.2, -0.15) is 8.70 Å². The fourth-order valence-corrected chi connectivity index (χ4v) is 3.92. The van der Waals surface area contributed by atoms with E-state index in [1.54, 1.807) is 0 Å². The van der Waals surface area contributed by atoms with Crippen molar-refractivity contribution in [3.05, 3.63) is 34.1 Å². The summed E-state index contributed by atoms with van der Waals surface area (Å²) in [6.45, 7) is 0.115. The molecule has 0 saturated heterocycles. The molecule has 1 aliphatic carbocycles. The minimum Gasteiger partial charge on any atom is -0.329 e. The fourth-order valence-electron chi connectivity index (χ4n) is 2.33. The molecule has 1 saturated carbocycles. The van der Waals surface area contributed by atoms with E-state index >= 15 is 0 Å². The van der Waals surface area contributed by atoms with Gasteiger partial charge in [-0.15, -0.1) is 12.4 Å². The zero-order valence-electron chi connectivity index (χ0n) is 11.8. The van der Waals surface area contributed by atoms with Crippen molar-refractivity contribution in [2.75, 3.05) is 13.6 Å². The molecule has 0 aliphatic heterocycles. The molecule has 0 heterocycles. The van der Waals surface area contributed by atoms with E-state index in [0.717, 1.165) is 35.3 Å². The van der Waals surface area contributed by atoms with Crippen molar-refractivity contribution >= 4 is 28.1 Å². The molecule has 22 heavy (non-hydrogen) atoms.